The molecule has 8 aromatic carbocycles. The predicted molar refractivity (Wildman–Crippen MR) is 213 cm³/mol. The number of rotatable bonds is 4. The molecule has 11 aromatic rings. The van der Waals surface area contributed by atoms with Crippen LogP contribution in [0.5, 0.6) is 0 Å². The summed E-state index contributed by atoms with van der Waals surface area (Å²) in [6.07, 6.45) is 0. The van der Waals surface area contributed by atoms with Gasteiger partial charge in [-0.25, -0.2) is 0 Å². The molecular formula is C48H30N2O. The highest BCUT2D eigenvalue weighted by Gasteiger charge is 2.20. The summed E-state index contributed by atoms with van der Waals surface area (Å²) < 4.78 is 226. The highest BCUT2D eigenvalue weighted by atomic mass is 16.3. The molecule has 0 fully saturated rings. The maximum Gasteiger partial charge on any atom is 0.137 e. The molecule has 0 spiro atoms. The van der Waals surface area contributed by atoms with Gasteiger partial charge in [-0.3, -0.25) is 0 Å². The minimum atomic E-state index is -0.924. The second-order valence-corrected chi connectivity index (χ2v) is 11.5. The van der Waals surface area contributed by atoms with E-state index in [0.29, 0.717) is 5.69 Å². The predicted octanol–water partition coefficient (Wildman–Crippen LogP) is 13.1. The smallest absolute Gasteiger partial charge is 0.137 e. The van der Waals surface area contributed by atoms with Crippen LogP contribution in [0, 0.1) is 0 Å². The van der Waals surface area contributed by atoms with Gasteiger partial charge in [0.15, 0.2) is 0 Å². The van der Waals surface area contributed by atoms with Crippen LogP contribution in [-0.2, 0) is 0 Å². The molecule has 3 heterocycles. The molecule has 0 amide bonds. The first kappa shape index (κ1) is 13.5. The molecule has 0 atom stereocenters. The van der Waals surface area contributed by atoms with Crippen molar-refractivity contribution < 1.29 is 37.3 Å². The summed E-state index contributed by atoms with van der Waals surface area (Å²) in [6.45, 7) is 0. The summed E-state index contributed by atoms with van der Waals surface area (Å²) >= 11 is 0. The van der Waals surface area contributed by atoms with Gasteiger partial charge in [-0.05, 0) is 77.2 Å². The van der Waals surface area contributed by atoms with E-state index in [1.807, 2.05) is 0 Å². The van der Waals surface area contributed by atoms with Crippen molar-refractivity contribution in [2.75, 3.05) is 0 Å². The van der Waals surface area contributed by atoms with Gasteiger partial charge < -0.3 is 13.6 Å². The highest BCUT2D eigenvalue weighted by molar-refractivity contribution is 6.14. The molecule has 0 saturated carbocycles. The molecule has 51 heavy (non-hydrogen) atoms. The van der Waals surface area contributed by atoms with Crippen LogP contribution in [0.2, 0.25) is 0 Å². The zero-order valence-corrected chi connectivity index (χ0v) is 25.8. The average Bonchev–Trinajstić information content (AvgIpc) is 4.12. The third-order valence-corrected chi connectivity index (χ3v) is 8.68. The van der Waals surface area contributed by atoms with Crippen molar-refractivity contribution in [3.63, 3.8) is 0 Å². The lowest BCUT2D eigenvalue weighted by Crippen LogP contribution is -1.97. The van der Waals surface area contributed by atoms with Crippen LogP contribution in [0.3, 0.4) is 0 Å². The molecule has 0 bridgehead atoms. The van der Waals surface area contributed by atoms with Gasteiger partial charge in [0.05, 0.1) is 60.7 Å². The van der Waals surface area contributed by atoms with E-state index in [2.05, 4.69) is 0 Å². The highest BCUT2D eigenvalue weighted by Crippen LogP contribution is 2.42. The first-order valence-corrected chi connectivity index (χ1v) is 15.5. The Morgan fingerprint density at radius 1 is 0.392 bits per heavy atom. The van der Waals surface area contributed by atoms with Crippen molar-refractivity contribution >= 4 is 65.6 Å². The second-order valence-electron chi connectivity index (χ2n) is 11.5. The third kappa shape index (κ3) is 4.19. The lowest BCUT2D eigenvalue weighted by Gasteiger charge is -2.15. The van der Waals surface area contributed by atoms with E-state index < -0.39 is 217 Å². The van der Waals surface area contributed by atoms with Gasteiger partial charge >= 0.3 is 0 Å². The van der Waals surface area contributed by atoms with E-state index in [9.17, 15) is 12.3 Å². The Bertz CT molecular complexity index is 4490. The van der Waals surface area contributed by atoms with Gasteiger partial charge in [0.25, 0.3) is 0 Å². The molecule has 3 heteroatoms. The quantitative estimate of drug-likeness (QED) is 0.182. The minimum Gasteiger partial charge on any atom is -0.456 e. The molecule has 11 rings (SSSR count). The zero-order chi connectivity index (χ0) is 54.4. The first-order chi connectivity index (χ1) is 35.3. The number of para-hydroxylation sites is 4. The number of furan rings is 1. The van der Waals surface area contributed by atoms with Crippen LogP contribution in [-0.4, -0.2) is 9.13 Å². The standard InChI is InChI=1S/C48H30N2O/c1-3-13-31(14-4-1)38-29-41-37-19-9-12-22-47(37)51-48(41)30-46(38)50-43-21-11-8-18-36(43)40-28-33(24-26-45(40)50)32-23-25-44-39(27-32)35-17-7-10-20-42(35)49(44)34-15-5-2-6-16-34/h1-30H/i1D,3D,4D,7D,8D,9D,10D,11D,12D,13D,14D,17D,18D,19D,20D,21D,22D,23D,25D,26D,27D,28D,29D,30D. The van der Waals surface area contributed by atoms with Crippen LogP contribution in [0.4, 0.5) is 0 Å². The Labute approximate surface area is 327 Å². The lowest BCUT2D eigenvalue weighted by molar-refractivity contribution is 0.668. The van der Waals surface area contributed by atoms with Crippen LogP contribution in [0.15, 0.2) is 186 Å². The fraction of sp³-hybridized carbons (Fsp3) is 0. The van der Waals surface area contributed by atoms with E-state index in [-0.39, 0.29) is 21.8 Å². The first-order valence-electron chi connectivity index (χ1n) is 27.5. The average molecular weight is 675 g/mol. The van der Waals surface area contributed by atoms with Gasteiger partial charge in [0.1, 0.15) is 11.2 Å². The van der Waals surface area contributed by atoms with E-state index >= 15 is 0 Å². The maximum absolute atomic E-state index is 9.98. The molecular weight excluding hydrogens is 621 g/mol. The van der Waals surface area contributed by atoms with E-state index in [1.54, 1.807) is 30.3 Å². The summed E-state index contributed by atoms with van der Waals surface area (Å²) in [4.78, 5) is 0. The molecule has 0 aliphatic carbocycles. The van der Waals surface area contributed by atoms with Crippen LogP contribution >= 0.6 is 0 Å². The van der Waals surface area contributed by atoms with Gasteiger partial charge in [-0.15, -0.1) is 0 Å². The van der Waals surface area contributed by atoms with Crippen LogP contribution in [0.1, 0.15) is 32.9 Å². The van der Waals surface area contributed by atoms with E-state index in [0.717, 1.165) is 10.6 Å². The molecule has 3 nitrogen and oxygen atoms in total. The molecule has 0 radical (unpaired) electrons. The van der Waals surface area contributed by atoms with Crippen LogP contribution < -0.4 is 0 Å². The molecule has 0 N–H and O–H groups in total. The molecule has 0 aliphatic rings. The Balaban J connectivity index is 1.37. The Hall–Kier alpha value is -6.84. The summed E-state index contributed by atoms with van der Waals surface area (Å²) in [7, 11) is 0. The SMILES string of the molecule is [2H]c1c([2H])c([2H])c(-c2c(-n3c4c([2H])cc(-c5c([2H])c([2H])c6c(c5[2H])c5c([2H])c([2H])c([2H])c([2H])c5n6-c5ccccc5)c([2H])c4c4c([2H])c([2H])c([2H])c([2H])c43)c([2H])c3oc4c([2H])c([2H])c([2H])c([2H])c4c3c2[2H])c([2H])c1[2H]. The number of benzene rings is 8. The zero-order valence-electron chi connectivity index (χ0n) is 49.8. The van der Waals surface area contributed by atoms with Crippen molar-refractivity contribution in [3.8, 4) is 33.6 Å². The normalized spacial score (nSPS) is 18.5. The Morgan fingerprint density at radius 3 is 1.80 bits per heavy atom. The number of hydrogen-bond acceptors (Lipinski definition) is 1. The van der Waals surface area contributed by atoms with Gasteiger partial charge in [-0.2, -0.15) is 0 Å². The van der Waals surface area contributed by atoms with Gasteiger partial charge in [0.2, 0.25) is 0 Å². The van der Waals surface area contributed by atoms with E-state index in [4.69, 9.17) is 25.0 Å². The molecule has 238 valence electrons. The van der Waals surface area contributed by atoms with Crippen molar-refractivity contribution in [1.29, 1.82) is 0 Å². The minimum absolute atomic E-state index is 0.128. The molecule has 0 saturated heterocycles. The monoisotopic (exact) mass is 674 g/mol. The summed E-state index contributed by atoms with van der Waals surface area (Å²) in [6, 6.07) is -9.14. The number of nitrogens with zero attached hydrogens (tertiary/aromatic N) is 2. The third-order valence-electron chi connectivity index (χ3n) is 8.68. The van der Waals surface area contributed by atoms with Gasteiger partial charge in [0, 0.05) is 49.6 Å². The maximum atomic E-state index is 9.98. The van der Waals surface area contributed by atoms with Crippen molar-refractivity contribution in [2.24, 2.45) is 0 Å². The number of hydrogen-bond donors (Lipinski definition) is 0. The fourth-order valence-electron chi connectivity index (χ4n) is 6.51. The summed E-state index contributed by atoms with van der Waals surface area (Å²) in [5, 5.41) is -2.29. The summed E-state index contributed by atoms with van der Waals surface area (Å²) in [5.41, 5.74) is -5.26. The Kier molecular flexibility index (Phi) is 2.86. The lowest BCUT2D eigenvalue weighted by atomic mass is 9.99. The topological polar surface area (TPSA) is 23.0 Å². The van der Waals surface area contributed by atoms with Crippen molar-refractivity contribution in [2.45, 2.75) is 0 Å². The largest absolute Gasteiger partial charge is 0.456 e. The van der Waals surface area contributed by atoms with Crippen molar-refractivity contribution in [3.05, 3.63) is 181 Å². The summed E-state index contributed by atoms with van der Waals surface area (Å²) in [5.74, 6) is 0. The number of aromatic nitrogens is 2. The van der Waals surface area contributed by atoms with Crippen molar-refractivity contribution in [1.82, 2.24) is 9.13 Å². The fourth-order valence-corrected chi connectivity index (χ4v) is 6.51. The molecule has 3 aromatic heterocycles. The molecule has 0 unspecified atom stereocenters. The molecule has 0 aliphatic heterocycles. The van der Waals surface area contributed by atoms with E-state index in [1.165, 1.54) is 4.57 Å². The second kappa shape index (κ2) is 10.8. The van der Waals surface area contributed by atoms with Gasteiger partial charge in [-0.1, -0.05) is 115 Å². The Morgan fingerprint density at radius 2 is 1.02 bits per heavy atom. The van der Waals surface area contributed by atoms with Crippen LogP contribution in [0.25, 0.3) is 99.2 Å². The number of fused-ring (bicyclic) bond motifs is 9.